The fourth-order valence-corrected chi connectivity index (χ4v) is 3.64. The van der Waals surface area contributed by atoms with Gasteiger partial charge in [-0.05, 0) is 57.4 Å². The minimum atomic E-state index is -0.492. The van der Waals surface area contributed by atoms with Crippen molar-refractivity contribution in [1.29, 1.82) is 0 Å². The van der Waals surface area contributed by atoms with Gasteiger partial charge in [-0.1, -0.05) is 41.6 Å². The van der Waals surface area contributed by atoms with Gasteiger partial charge in [-0.2, -0.15) is 0 Å². The molecule has 1 aliphatic rings. The summed E-state index contributed by atoms with van der Waals surface area (Å²) in [6.45, 7) is 9.10. The first kappa shape index (κ1) is 21.0. The van der Waals surface area contributed by atoms with Crippen LogP contribution < -0.4 is 4.74 Å². The number of carbonyl (C=O) groups is 1. The zero-order valence-electron chi connectivity index (χ0n) is 18.5. The molecule has 6 heteroatoms. The van der Waals surface area contributed by atoms with Crippen molar-refractivity contribution < 1.29 is 18.8 Å². The smallest absolute Gasteiger partial charge is 0.410 e. The number of aryl methyl sites for hydroxylation is 1. The standard InChI is InChI=1S/C25H28N2O4/c1-17-22(23(26-31-17)18-8-6-5-7-9-18)16-29-21-11-10-20-15-27(13-12-19(20)14-21)24(28)30-25(2,3)4/h5-11,14H,12-13,15-16H2,1-4H3. The van der Waals surface area contributed by atoms with E-state index in [1.54, 1.807) is 4.90 Å². The fourth-order valence-electron chi connectivity index (χ4n) is 3.64. The average molecular weight is 421 g/mol. The molecule has 0 radical (unpaired) electrons. The molecule has 0 saturated heterocycles. The summed E-state index contributed by atoms with van der Waals surface area (Å²) in [6, 6.07) is 16.0. The lowest BCUT2D eigenvalue weighted by molar-refractivity contribution is 0.0224. The number of rotatable bonds is 4. The van der Waals surface area contributed by atoms with Gasteiger partial charge in [0.2, 0.25) is 0 Å². The number of ether oxygens (including phenoxy) is 2. The number of benzene rings is 2. The Morgan fingerprint density at radius 3 is 2.65 bits per heavy atom. The molecule has 0 spiro atoms. The largest absolute Gasteiger partial charge is 0.489 e. The topological polar surface area (TPSA) is 64.8 Å². The first-order valence-corrected chi connectivity index (χ1v) is 10.5. The molecule has 0 atom stereocenters. The Balaban J connectivity index is 1.44. The molecule has 162 valence electrons. The van der Waals surface area contributed by atoms with E-state index in [9.17, 15) is 4.79 Å². The van der Waals surface area contributed by atoms with E-state index in [2.05, 4.69) is 11.2 Å². The molecule has 2 aromatic carbocycles. The summed E-state index contributed by atoms with van der Waals surface area (Å²) in [7, 11) is 0. The van der Waals surface area contributed by atoms with Crippen LogP contribution >= 0.6 is 0 Å². The number of carbonyl (C=O) groups excluding carboxylic acids is 1. The number of hydrogen-bond acceptors (Lipinski definition) is 5. The van der Waals surface area contributed by atoms with Gasteiger partial charge in [0.1, 0.15) is 29.4 Å². The van der Waals surface area contributed by atoms with Crippen LogP contribution in [0.15, 0.2) is 53.1 Å². The van der Waals surface area contributed by atoms with E-state index in [1.165, 1.54) is 5.56 Å². The lowest BCUT2D eigenvalue weighted by atomic mass is 10.00. The summed E-state index contributed by atoms with van der Waals surface area (Å²) >= 11 is 0. The monoisotopic (exact) mass is 420 g/mol. The number of amides is 1. The first-order valence-electron chi connectivity index (χ1n) is 10.5. The summed E-state index contributed by atoms with van der Waals surface area (Å²) in [5.41, 5.74) is 4.58. The van der Waals surface area contributed by atoms with Gasteiger partial charge in [-0.15, -0.1) is 0 Å². The van der Waals surface area contributed by atoms with Crippen LogP contribution in [0, 0.1) is 6.92 Å². The number of nitrogens with zero attached hydrogens (tertiary/aromatic N) is 2. The maximum atomic E-state index is 12.4. The van der Waals surface area contributed by atoms with Crippen LogP contribution in [0.2, 0.25) is 0 Å². The molecule has 0 fully saturated rings. The Morgan fingerprint density at radius 2 is 1.90 bits per heavy atom. The summed E-state index contributed by atoms with van der Waals surface area (Å²) < 4.78 is 17.0. The molecule has 1 aliphatic heterocycles. The quantitative estimate of drug-likeness (QED) is 0.556. The first-order chi connectivity index (χ1) is 14.8. The summed E-state index contributed by atoms with van der Waals surface area (Å²) in [4.78, 5) is 14.1. The Kier molecular flexibility index (Phi) is 5.72. The van der Waals surface area contributed by atoms with E-state index in [0.717, 1.165) is 40.3 Å². The highest BCUT2D eigenvalue weighted by molar-refractivity contribution is 5.68. The molecule has 0 N–H and O–H groups in total. The molecule has 0 unspecified atom stereocenters. The molecule has 2 heterocycles. The van der Waals surface area contributed by atoms with E-state index in [1.807, 2.05) is 70.2 Å². The Hall–Kier alpha value is -3.28. The third-order valence-electron chi connectivity index (χ3n) is 5.26. The minimum Gasteiger partial charge on any atom is -0.489 e. The second-order valence-corrected chi connectivity index (χ2v) is 8.80. The van der Waals surface area contributed by atoms with Crippen molar-refractivity contribution in [2.45, 2.75) is 52.9 Å². The molecular weight excluding hydrogens is 392 g/mol. The highest BCUT2D eigenvalue weighted by Crippen LogP contribution is 2.28. The van der Waals surface area contributed by atoms with Crippen LogP contribution in [-0.4, -0.2) is 28.3 Å². The Labute approximate surface area is 182 Å². The van der Waals surface area contributed by atoms with Gasteiger partial charge in [0.15, 0.2) is 0 Å². The van der Waals surface area contributed by atoms with Gasteiger partial charge in [0, 0.05) is 18.7 Å². The van der Waals surface area contributed by atoms with Crippen molar-refractivity contribution in [3.8, 4) is 17.0 Å². The predicted molar refractivity (Wildman–Crippen MR) is 118 cm³/mol. The molecule has 0 bridgehead atoms. The number of fused-ring (bicyclic) bond motifs is 1. The lowest BCUT2D eigenvalue weighted by Crippen LogP contribution is -2.39. The van der Waals surface area contributed by atoms with Gasteiger partial charge in [0.05, 0.1) is 5.56 Å². The zero-order valence-corrected chi connectivity index (χ0v) is 18.5. The van der Waals surface area contributed by atoms with Crippen LogP contribution in [0.3, 0.4) is 0 Å². The molecule has 3 aromatic rings. The molecule has 0 aliphatic carbocycles. The highest BCUT2D eigenvalue weighted by Gasteiger charge is 2.26. The third kappa shape index (κ3) is 4.90. The Morgan fingerprint density at radius 1 is 1.13 bits per heavy atom. The van der Waals surface area contributed by atoms with E-state index in [-0.39, 0.29) is 6.09 Å². The predicted octanol–water partition coefficient (Wildman–Crippen LogP) is 5.52. The van der Waals surface area contributed by atoms with Crippen LogP contribution in [-0.2, 0) is 24.3 Å². The summed E-state index contributed by atoms with van der Waals surface area (Å²) in [6.07, 6.45) is 0.503. The molecule has 1 aromatic heterocycles. The number of aromatic nitrogens is 1. The van der Waals surface area contributed by atoms with Gasteiger partial charge < -0.3 is 18.9 Å². The molecule has 6 nitrogen and oxygen atoms in total. The molecule has 0 saturated carbocycles. The van der Waals surface area contributed by atoms with E-state index < -0.39 is 5.60 Å². The summed E-state index contributed by atoms with van der Waals surface area (Å²) in [5.74, 6) is 1.55. The zero-order chi connectivity index (χ0) is 22.0. The SMILES string of the molecule is Cc1onc(-c2ccccc2)c1COc1ccc2c(c1)CCN(C(=O)OC(C)(C)C)C2. The maximum Gasteiger partial charge on any atom is 0.410 e. The summed E-state index contributed by atoms with van der Waals surface area (Å²) in [5, 5.41) is 4.21. The van der Waals surface area contributed by atoms with Crippen molar-refractivity contribution in [1.82, 2.24) is 10.1 Å². The van der Waals surface area contributed by atoms with Crippen LogP contribution in [0.5, 0.6) is 5.75 Å². The van der Waals surface area contributed by atoms with Crippen LogP contribution in [0.25, 0.3) is 11.3 Å². The van der Waals surface area contributed by atoms with Crippen molar-refractivity contribution in [3.05, 3.63) is 71.0 Å². The van der Waals surface area contributed by atoms with Crippen molar-refractivity contribution in [2.24, 2.45) is 0 Å². The maximum absolute atomic E-state index is 12.4. The average Bonchev–Trinajstić information content (AvgIpc) is 3.11. The van der Waals surface area contributed by atoms with Crippen molar-refractivity contribution in [3.63, 3.8) is 0 Å². The molecule has 4 rings (SSSR count). The lowest BCUT2D eigenvalue weighted by Gasteiger charge is -2.31. The van der Waals surface area contributed by atoms with Gasteiger partial charge >= 0.3 is 6.09 Å². The second-order valence-electron chi connectivity index (χ2n) is 8.80. The van der Waals surface area contributed by atoms with Crippen molar-refractivity contribution in [2.75, 3.05) is 6.54 Å². The highest BCUT2D eigenvalue weighted by atomic mass is 16.6. The van der Waals surface area contributed by atoms with E-state index in [0.29, 0.717) is 19.7 Å². The number of hydrogen-bond donors (Lipinski definition) is 0. The molecular formula is C25H28N2O4. The van der Waals surface area contributed by atoms with Crippen LogP contribution in [0.4, 0.5) is 4.79 Å². The van der Waals surface area contributed by atoms with Crippen molar-refractivity contribution >= 4 is 6.09 Å². The normalized spacial score (nSPS) is 13.6. The van der Waals surface area contributed by atoms with Gasteiger partial charge in [0.25, 0.3) is 0 Å². The molecule has 31 heavy (non-hydrogen) atoms. The molecule has 1 amide bonds. The fraction of sp³-hybridized carbons (Fsp3) is 0.360. The minimum absolute atomic E-state index is 0.269. The van der Waals surface area contributed by atoms with Gasteiger partial charge in [-0.3, -0.25) is 0 Å². The Bertz CT molecular complexity index is 1070. The third-order valence-corrected chi connectivity index (χ3v) is 5.26. The second kappa shape index (κ2) is 8.46. The van der Waals surface area contributed by atoms with Crippen LogP contribution in [0.1, 0.15) is 43.2 Å². The van der Waals surface area contributed by atoms with Gasteiger partial charge in [-0.25, -0.2) is 4.79 Å². The van der Waals surface area contributed by atoms with E-state index in [4.69, 9.17) is 14.0 Å². The van der Waals surface area contributed by atoms with E-state index >= 15 is 0 Å².